The molecule has 1 saturated heterocycles. The summed E-state index contributed by atoms with van der Waals surface area (Å²) < 4.78 is 0. The van der Waals surface area contributed by atoms with Crippen LogP contribution in [0.15, 0.2) is 0 Å². The minimum atomic E-state index is -0.235. The summed E-state index contributed by atoms with van der Waals surface area (Å²) in [7, 11) is 1.34. The molecule has 0 aromatic rings. The SMILES string of the molecule is CCCSC1CC(=O)N(OC)C1=O. The van der Waals surface area contributed by atoms with E-state index >= 15 is 0 Å². The molecule has 0 spiro atoms. The van der Waals surface area contributed by atoms with Crippen LogP contribution in [0.2, 0.25) is 0 Å². The largest absolute Gasteiger partial charge is 0.272 e. The average Bonchev–Trinajstić information content (AvgIpc) is 2.38. The van der Waals surface area contributed by atoms with Crippen molar-refractivity contribution in [1.82, 2.24) is 5.06 Å². The summed E-state index contributed by atoms with van der Waals surface area (Å²) in [6, 6.07) is 0. The highest BCUT2D eigenvalue weighted by molar-refractivity contribution is 8.00. The molecular weight excluding hydrogens is 190 g/mol. The second kappa shape index (κ2) is 4.62. The van der Waals surface area contributed by atoms with E-state index in [1.54, 1.807) is 0 Å². The van der Waals surface area contributed by atoms with Crippen molar-refractivity contribution in [3.05, 3.63) is 0 Å². The van der Waals surface area contributed by atoms with Gasteiger partial charge < -0.3 is 0 Å². The van der Waals surface area contributed by atoms with E-state index in [4.69, 9.17) is 0 Å². The number of carbonyl (C=O) groups excluding carboxylic acids is 2. The molecule has 13 heavy (non-hydrogen) atoms. The van der Waals surface area contributed by atoms with Crippen LogP contribution < -0.4 is 0 Å². The average molecular weight is 203 g/mol. The summed E-state index contributed by atoms with van der Waals surface area (Å²) in [5.74, 6) is 0.452. The maximum Gasteiger partial charge on any atom is 0.267 e. The van der Waals surface area contributed by atoms with Crippen molar-refractivity contribution >= 4 is 23.6 Å². The van der Waals surface area contributed by atoms with Crippen LogP contribution in [0.5, 0.6) is 0 Å². The Morgan fingerprint density at radius 2 is 2.31 bits per heavy atom. The first-order valence-electron chi connectivity index (χ1n) is 4.23. The third-order valence-corrected chi connectivity index (χ3v) is 3.18. The number of carbonyl (C=O) groups is 2. The smallest absolute Gasteiger partial charge is 0.267 e. The lowest BCUT2D eigenvalue weighted by atomic mass is 10.4. The fourth-order valence-corrected chi connectivity index (χ4v) is 2.18. The highest BCUT2D eigenvalue weighted by Crippen LogP contribution is 2.25. The minimum absolute atomic E-state index is 0.217. The zero-order valence-corrected chi connectivity index (χ0v) is 8.60. The molecule has 1 fully saturated rings. The summed E-state index contributed by atoms with van der Waals surface area (Å²) in [5, 5.41) is 0.625. The number of imide groups is 1. The topological polar surface area (TPSA) is 46.6 Å². The van der Waals surface area contributed by atoms with Gasteiger partial charge in [-0.15, -0.1) is 11.8 Å². The lowest BCUT2D eigenvalue weighted by Crippen LogP contribution is -2.30. The molecule has 1 aliphatic rings. The Morgan fingerprint density at radius 1 is 1.62 bits per heavy atom. The van der Waals surface area contributed by atoms with Crippen molar-refractivity contribution in [2.24, 2.45) is 0 Å². The molecule has 1 heterocycles. The van der Waals surface area contributed by atoms with E-state index in [0.717, 1.165) is 17.2 Å². The van der Waals surface area contributed by atoms with Gasteiger partial charge in [0, 0.05) is 0 Å². The highest BCUT2D eigenvalue weighted by atomic mass is 32.2. The normalized spacial score (nSPS) is 22.9. The van der Waals surface area contributed by atoms with Gasteiger partial charge in [-0.2, -0.15) is 5.06 Å². The molecule has 0 aromatic heterocycles. The van der Waals surface area contributed by atoms with Crippen molar-refractivity contribution in [3.8, 4) is 0 Å². The summed E-state index contributed by atoms with van der Waals surface area (Å²) in [4.78, 5) is 27.2. The molecule has 1 aliphatic heterocycles. The summed E-state index contributed by atoms with van der Waals surface area (Å²) >= 11 is 1.52. The zero-order chi connectivity index (χ0) is 9.84. The number of rotatable bonds is 4. The second-order valence-electron chi connectivity index (χ2n) is 2.77. The van der Waals surface area contributed by atoms with Gasteiger partial charge in [-0.25, -0.2) is 0 Å². The van der Waals surface area contributed by atoms with Crippen molar-refractivity contribution in [3.63, 3.8) is 0 Å². The number of thioether (sulfide) groups is 1. The van der Waals surface area contributed by atoms with Crippen LogP contribution in [-0.4, -0.2) is 35.0 Å². The van der Waals surface area contributed by atoms with Crippen LogP contribution in [0.4, 0.5) is 0 Å². The van der Waals surface area contributed by atoms with Gasteiger partial charge in [0.05, 0.1) is 18.8 Å². The van der Waals surface area contributed by atoms with Crippen molar-refractivity contribution in [2.45, 2.75) is 25.0 Å². The van der Waals surface area contributed by atoms with Gasteiger partial charge in [0.2, 0.25) is 0 Å². The molecule has 1 rings (SSSR count). The summed E-state index contributed by atoms with van der Waals surface area (Å²) in [6.07, 6.45) is 1.28. The van der Waals surface area contributed by atoms with E-state index in [2.05, 4.69) is 4.84 Å². The lowest BCUT2D eigenvalue weighted by molar-refractivity contribution is -0.179. The molecule has 0 bridgehead atoms. The number of nitrogens with zero attached hydrogens (tertiary/aromatic N) is 1. The van der Waals surface area contributed by atoms with Gasteiger partial charge in [-0.05, 0) is 12.2 Å². The van der Waals surface area contributed by atoms with E-state index in [1.165, 1.54) is 18.9 Å². The Balaban J connectivity index is 2.52. The number of hydroxylamine groups is 2. The molecule has 2 amide bonds. The maximum atomic E-state index is 11.4. The third kappa shape index (κ3) is 2.22. The molecular formula is C8H13NO3S. The van der Waals surface area contributed by atoms with Gasteiger partial charge in [-0.3, -0.25) is 14.4 Å². The van der Waals surface area contributed by atoms with Crippen LogP contribution >= 0.6 is 11.8 Å². The Hall–Kier alpha value is -0.550. The predicted octanol–water partition coefficient (Wildman–Crippen LogP) is 0.819. The molecule has 1 atom stereocenters. The number of hydrogen-bond donors (Lipinski definition) is 0. The van der Waals surface area contributed by atoms with E-state index in [0.29, 0.717) is 0 Å². The Bertz CT molecular complexity index is 219. The molecule has 0 aromatic carbocycles. The first-order chi connectivity index (χ1) is 6.20. The molecule has 0 aliphatic carbocycles. The monoisotopic (exact) mass is 203 g/mol. The Morgan fingerprint density at radius 3 is 2.77 bits per heavy atom. The summed E-state index contributed by atoms with van der Waals surface area (Å²) in [5.41, 5.74) is 0. The quantitative estimate of drug-likeness (QED) is 0.635. The molecule has 0 N–H and O–H groups in total. The molecule has 4 nitrogen and oxygen atoms in total. The molecule has 0 saturated carbocycles. The first-order valence-corrected chi connectivity index (χ1v) is 5.28. The summed E-state index contributed by atoms with van der Waals surface area (Å²) in [6.45, 7) is 2.04. The highest BCUT2D eigenvalue weighted by Gasteiger charge is 2.39. The van der Waals surface area contributed by atoms with Gasteiger partial charge in [0.25, 0.3) is 11.8 Å². The lowest BCUT2D eigenvalue weighted by Gasteiger charge is -2.10. The van der Waals surface area contributed by atoms with Crippen molar-refractivity contribution in [2.75, 3.05) is 12.9 Å². The first kappa shape index (κ1) is 10.5. The van der Waals surface area contributed by atoms with Crippen molar-refractivity contribution in [1.29, 1.82) is 0 Å². The predicted molar refractivity (Wildman–Crippen MR) is 50.0 cm³/mol. The van der Waals surface area contributed by atoms with E-state index in [9.17, 15) is 9.59 Å². The van der Waals surface area contributed by atoms with Gasteiger partial charge in [0.15, 0.2) is 0 Å². The minimum Gasteiger partial charge on any atom is -0.272 e. The maximum absolute atomic E-state index is 11.4. The van der Waals surface area contributed by atoms with Crippen LogP contribution in [0.3, 0.4) is 0 Å². The van der Waals surface area contributed by atoms with Crippen molar-refractivity contribution < 1.29 is 14.4 Å². The standard InChI is InChI=1S/C8H13NO3S/c1-3-4-13-6-5-7(10)9(12-2)8(6)11/h6H,3-5H2,1-2H3. The zero-order valence-electron chi connectivity index (χ0n) is 7.78. The Kier molecular flexibility index (Phi) is 3.74. The fourth-order valence-electron chi connectivity index (χ4n) is 1.16. The van der Waals surface area contributed by atoms with E-state index in [1.807, 2.05) is 6.92 Å². The number of hydrogen-bond acceptors (Lipinski definition) is 4. The van der Waals surface area contributed by atoms with Crippen LogP contribution in [0.1, 0.15) is 19.8 Å². The van der Waals surface area contributed by atoms with Gasteiger partial charge in [-0.1, -0.05) is 6.92 Å². The molecule has 1 unspecified atom stereocenters. The van der Waals surface area contributed by atoms with E-state index < -0.39 is 0 Å². The van der Waals surface area contributed by atoms with Crippen LogP contribution in [0, 0.1) is 0 Å². The number of amides is 2. The Labute approximate surface area is 81.6 Å². The fraction of sp³-hybridized carbons (Fsp3) is 0.750. The van der Waals surface area contributed by atoms with Gasteiger partial charge in [0.1, 0.15) is 0 Å². The molecule has 0 radical (unpaired) electrons. The van der Waals surface area contributed by atoms with Crippen LogP contribution in [-0.2, 0) is 14.4 Å². The van der Waals surface area contributed by atoms with Crippen LogP contribution in [0.25, 0.3) is 0 Å². The third-order valence-electron chi connectivity index (χ3n) is 1.77. The van der Waals surface area contributed by atoms with E-state index in [-0.39, 0.29) is 23.5 Å². The second-order valence-corrected chi connectivity index (χ2v) is 4.08. The molecule has 74 valence electrons. The van der Waals surface area contributed by atoms with Gasteiger partial charge >= 0.3 is 0 Å². The molecule has 5 heteroatoms.